The van der Waals surface area contributed by atoms with Gasteiger partial charge in [0.15, 0.2) is 0 Å². The number of carboxylic acids is 1. The number of carboxylic acid groups (broad SMARTS) is 1. The lowest BCUT2D eigenvalue weighted by Gasteiger charge is -2.14. The molecule has 0 heterocycles. The Bertz CT molecular complexity index is 940. The largest absolute Gasteiger partial charge is 0.480 e. The van der Waals surface area contributed by atoms with Crippen LogP contribution in [-0.2, 0) is 21.4 Å². The minimum absolute atomic E-state index is 0.0515. The number of carbonyl (C=O) groups is 2. The van der Waals surface area contributed by atoms with E-state index in [9.17, 15) is 23.1 Å². The zero-order chi connectivity index (χ0) is 19.4. The Morgan fingerprint density at radius 2 is 1.78 bits per heavy atom. The number of amides is 1. The van der Waals surface area contributed by atoms with Gasteiger partial charge in [-0.25, -0.2) is 17.9 Å². The zero-order valence-electron chi connectivity index (χ0n) is 14.5. The predicted octanol–water partition coefficient (Wildman–Crippen LogP) is 1.76. The van der Waals surface area contributed by atoms with Crippen molar-refractivity contribution in [1.82, 2.24) is 10.0 Å². The third-order valence-corrected chi connectivity index (χ3v) is 5.76. The van der Waals surface area contributed by atoms with Gasteiger partial charge in [0.25, 0.3) is 5.91 Å². The summed E-state index contributed by atoms with van der Waals surface area (Å²) >= 11 is 0. The summed E-state index contributed by atoms with van der Waals surface area (Å²) in [6.07, 6.45) is 1.52. The Morgan fingerprint density at radius 3 is 2.41 bits per heavy atom. The highest BCUT2D eigenvalue weighted by atomic mass is 32.2. The van der Waals surface area contributed by atoms with E-state index in [0.717, 1.165) is 18.4 Å². The first kappa shape index (κ1) is 19.1. The highest BCUT2D eigenvalue weighted by molar-refractivity contribution is 7.89. The normalized spacial score (nSPS) is 15.1. The monoisotopic (exact) mass is 388 g/mol. The molecule has 1 fully saturated rings. The first-order valence-corrected chi connectivity index (χ1v) is 10.0. The topological polar surface area (TPSA) is 113 Å². The fourth-order valence-electron chi connectivity index (χ4n) is 2.70. The molecule has 1 saturated carbocycles. The number of hydrogen-bond donors (Lipinski definition) is 3. The van der Waals surface area contributed by atoms with Gasteiger partial charge in [-0.2, -0.15) is 0 Å². The van der Waals surface area contributed by atoms with Crippen LogP contribution in [0.15, 0.2) is 59.5 Å². The molecule has 1 amide bonds. The van der Waals surface area contributed by atoms with E-state index in [4.69, 9.17) is 0 Å². The van der Waals surface area contributed by atoms with E-state index < -0.39 is 27.9 Å². The molecule has 0 bridgehead atoms. The van der Waals surface area contributed by atoms with Crippen LogP contribution in [-0.4, -0.2) is 31.4 Å². The van der Waals surface area contributed by atoms with Gasteiger partial charge >= 0.3 is 5.97 Å². The molecular formula is C19H20N2O5S. The third kappa shape index (κ3) is 4.93. The van der Waals surface area contributed by atoms with E-state index >= 15 is 0 Å². The van der Waals surface area contributed by atoms with Gasteiger partial charge in [0, 0.05) is 12.1 Å². The van der Waals surface area contributed by atoms with Crippen molar-refractivity contribution in [2.24, 2.45) is 5.92 Å². The SMILES string of the molecule is O=C(NC(C(=O)O)C1CC1)c1cccc(S(=O)(=O)NCc2ccccc2)c1. The maximum absolute atomic E-state index is 12.5. The first-order chi connectivity index (χ1) is 12.9. The molecule has 1 atom stereocenters. The number of benzene rings is 2. The van der Waals surface area contributed by atoms with Gasteiger partial charge in [0.05, 0.1) is 4.90 Å². The molecule has 0 radical (unpaired) electrons. The smallest absolute Gasteiger partial charge is 0.326 e. The van der Waals surface area contributed by atoms with Crippen molar-refractivity contribution in [3.8, 4) is 0 Å². The molecule has 142 valence electrons. The molecule has 7 nitrogen and oxygen atoms in total. The molecule has 3 rings (SSSR count). The van der Waals surface area contributed by atoms with Crippen LogP contribution in [0, 0.1) is 5.92 Å². The van der Waals surface area contributed by atoms with Gasteiger partial charge in [-0.05, 0) is 42.5 Å². The first-order valence-electron chi connectivity index (χ1n) is 8.54. The molecule has 0 saturated heterocycles. The Balaban J connectivity index is 1.72. The summed E-state index contributed by atoms with van der Waals surface area (Å²) < 4.78 is 27.5. The Hall–Kier alpha value is -2.71. The second-order valence-corrected chi connectivity index (χ2v) is 8.23. The molecule has 1 aliphatic carbocycles. The van der Waals surface area contributed by atoms with Crippen molar-refractivity contribution in [3.63, 3.8) is 0 Å². The number of rotatable bonds is 8. The number of aliphatic carboxylic acids is 1. The Kier molecular flexibility index (Phi) is 5.57. The summed E-state index contributed by atoms with van der Waals surface area (Å²) in [6.45, 7) is 0.127. The van der Waals surface area contributed by atoms with E-state index in [1.54, 1.807) is 12.1 Å². The molecule has 1 aliphatic rings. The fourth-order valence-corrected chi connectivity index (χ4v) is 3.76. The number of sulfonamides is 1. The van der Waals surface area contributed by atoms with Crippen molar-refractivity contribution < 1.29 is 23.1 Å². The van der Waals surface area contributed by atoms with Crippen molar-refractivity contribution in [1.29, 1.82) is 0 Å². The van der Waals surface area contributed by atoms with Gasteiger partial charge in [-0.3, -0.25) is 4.79 Å². The van der Waals surface area contributed by atoms with Crippen LogP contribution in [0.3, 0.4) is 0 Å². The molecule has 27 heavy (non-hydrogen) atoms. The van der Waals surface area contributed by atoms with Crippen LogP contribution >= 0.6 is 0 Å². The van der Waals surface area contributed by atoms with Gasteiger partial charge < -0.3 is 10.4 Å². The van der Waals surface area contributed by atoms with Crippen molar-refractivity contribution >= 4 is 21.9 Å². The summed E-state index contributed by atoms with van der Waals surface area (Å²) in [4.78, 5) is 23.6. The maximum atomic E-state index is 12.5. The molecule has 2 aromatic rings. The van der Waals surface area contributed by atoms with E-state index in [-0.39, 0.29) is 22.9 Å². The average Bonchev–Trinajstić information content (AvgIpc) is 3.50. The van der Waals surface area contributed by atoms with Gasteiger partial charge in [-0.15, -0.1) is 0 Å². The number of nitrogens with one attached hydrogen (secondary N) is 2. The van der Waals surface area contributed by atoms with E-state index in [2.05, 4.69) is 10.0 Å². The summed E-state index contributed by atoms with van der Waals surface area (Å²) in [5.74, 6) is -1.75. The summed E-state index contributed by atoms with van der Waals surface area (Å²) in [7, 11) is -3.81. The Labute approximate surface area is 157 Å². The van der Waals surface area contributed by atoms with Crippen LogP contribution in [0.4, 0.5) is 0 Å². The van der Waals surface area contributed by atoms with E-state index in [0.29, 0.717) is 0 Å². The highest BCUT2D eigenvalue weighted by Crippen LogP contribution is 2.32. The van der Waals surface area contributed by atoms with Crippen molar-refractivity contribution in [2.45, 2.75) is 30.3 Å². The molecule has 8 heteroatoms. The molecule has 3 N–H and O–H groups in total. The lowest BCUT2D eigenvalue weighted by atomic mass is 10.1. The van der Waals surface area contributed by atoms with Crippen molar-refractivity contribution in [3.05, 3.63) is 65.7 Å². The summed E-state index contributed by atoms with van der Waals surface area (Å²) in [5, 5.41) is 11.7. The summed E-state index contributed by atoms with van der Waals surface area (Å²) in [5.41, 5.74) is 0.910. The molecule has 0 spiro atoms. The second kappa shape index (κ2) is 7.89. The lowest BCUT2D eigenvalue weighted by molar-refractivity contribution is -0.139. The quantitative estimate of drug-likeness (QED) is 0.638. The van der Waals surface area contributed by atoms with Gasteiger partial charge in [0.2, 0.25) is 10.0 Å². The third-order valence-electron chi connectivity index (χ3n) is 4.36. The maximum Gasteiger partial charge on any atom is 0.326 e. The highest BCUT2D eigenvalue weighted by Gasteiger charge is 2.37. The lowest BCUT2D eigenvalue weighted by Crippen LogP contribution is -2.42. The molecular weight excluding hydrogens is 368 g/mol. The van der Waals surface area contributed by atoms with Crippen molar-refractivity contribution in [2.75, 3.05) is 0 Å². The van der Waals surface area contributed by atoms with Crippen LogP contribution < -0.4 is 10.0 Å². The molecule has 2 aromatic carbocycles. The van der Waals surface area contributed by atoms with Crippen LogP contribution in [0.2, 0.25) is 0 Å². The minimum Gasteiger partial charge on any atom is -0.480 e. The van der Waals surface area contributed by atoms with E-state index in [1.807, 2.05) is 18.2 Å². The minimum atomic E-state index is -3.81. The number of hydrogen-bond acceptors (Lipinski definition) is 4. The van der Waals surface area contributed by atoms with Gasteiger partial charge in [0.1, 0.15) is 6.04 Å². The van der Waals surface area contributed by atoms with Crippen LogP contribution in [0.5, 0.6) is 0 Å². The van der Waals surface area contributed by atoms with Crippen LogP contribution in [0.1, 0.15) is 28.8 Å². The molecule has 1 unspecified atom stereocenters. The average molecular weight is 388 g/mol. The number of carbonyl (C=O) groups excluding carboxylic acids is 1. The Morgan fingerprint density at radius 1 is 1.07 bits per heavy atom. The standard InChI is InChI=1S/C19H20N2O5S/c22-18(21-17(19(23)24)14-9-10-14)15-7-4-8-16(11-15)27(25,26)20-12-13-5-2-1-3-6-13/h1-8,11,14,17,20H,9-10,12H2,(H,21,22)(H,23,24). The van der Waals surface area contributed by atoms with Crippen LogP contribution in [0.25, 0.3) is 0 Å². The second-order valence-electron chi connectivity index (χ2n) is 6.46. The van der Waals surface area contributed by atoms with Gasteiger partial charge in [-0.1, -0.05) is 36.4 Å². The molecule has 0 aromatic heterocycles. The fraction of sp³-hybridized carbons (Fsp3) is 0.263. The zero-order valence-corrected chi connectivity index (χ0v) is 15.3. The molecule has 0 aliphatic heterocycles. The predicted molar refractivity (Wildman–Crippen MR) is 98.5 cm³/mol. The van der Waals surface area contributed by atoms with E-state index in [1.165, 1.54) is 24.3 Å². The summed E-state index contributed by atoms with van der Waals surface area (Å²) in [6, 6.07) is 13.7.